The molecule has 0 bridgehead atoms. The Labute approximate surface area is 136 Å². The number of benzene rings is 1. The summed E-state index contributed by atoms with van der Waals surface area (Å²) in [5.74, 6) is 0.626. The minimum Gasteiger partial charge on any atom is -0.361 e. The zero-order valence-corrected chi connectivity index (χ0v) is 13.6. The number of nitrogens with zero attached hydrogens (tertiary/aromatic N) is 1. The second kappa shape index (κ2) is 7.13. The maximum atomic E-state index is 13.2. The molecule has 2 aromatic rings. The highest BCUT2D eigenvalue weighted by atomic mass is 19.1. The second-order valence-electron chi connectivity index (χ2n) is 6.56. The second-order valence-corrected chi connectivity index (χ2v) is 6.56. The van der Waals surface area contributed by atoms with E-state index >= 15 is 0 Å². The first-order chi connectivity index (χ1) is 11.1. The SMILES string of the molecule is CC1CCN(CC(=O)NCCc2c[nH]c3cc(F)ccc23)CC1. The molecule has 3 rings (SSSR count). The maximum absolute atomic E-state index is 13.2. The molecule has 23 heavy (non-hydrogen) atoms. The molecule has 0 atom stereocenters. The van der Waals surface area contributed by atoms with E-state index in [0.717, 1.165) is 41.9 Å². The molecule has 1 aromatic heterocycles. The fourth-order valence-corrected chi connectivity index (χ4v) is 3.18. The predicted molar refractivity (Wildman–Crippen MR) is 89.8 cm³/mol. The number of carbonyl (C=O) groups is 1. The summed E-state index contributed by atoms with van der Waals surface area (Å²) in [6.45, 7) is 5.40. The van der Waals surface area contributed by atoms with Gasteiger partial charge in [-0.1, -0.05) is 6.92 Å². The highest BCUT2D eigenvalue weighted by Gasteiger charge is 2.17. The average Bonchev–Trinajstić information content (AvgIpc) is 2.92. The van der Waals surface area contributed by atoms with Crippen LogP contribution in [-0.2, 0) is 11.2 Å². The summed E-state index contributed by atoms with van der Waals surface area (Å²) in [6.07, 6.45) is 5.00. The van der Waals surface area contributed by atoms with E-state index in [1.807, 2.05) is 6.20 Å². The van der Waals surface area contributed by atoms with Crippen LogP contribution in [0.5, 0.6) is 0 Å². The minimum atomic E-state index is -0.241. The molecule has 1 amide bonds. The fourth-order valence-electron chi connectivity index (χ4n) is 3.18. The summed E-state index contributed by atoms with van der Waals surface area (Å²) in [5.41, 5.74) is 1.90. The summed E-state index contributed by atoms with van der Waals surface area (Å²) in [6, 6.07) is 4.75. The Morgan fingerprint density at radius 3 is 2.96 bits per heavy atom. The van der Waals surface area contributed by atoms with Crippen LogP contribution in [-0.4, -0.2) is 42.0 Å². The zero-order chi connectivity index (χ0) is 16.2. The molecule has 124 valence electrons. The first-order valence-corrected chi connectivity index (χ1v) is 8.36. The third-order valence-electron chi connectivity index (χ3n) is 4.69. The maximum Gasteiger partial charge on any atom is 0.234 e. The monoisotopic (exact) mass is 317 g/mol. The molecule has 1 saturated heterocycles. The van der Waals surface area contributed by atoms with E-state index in [1.54, 1.807) is 6.07 Å². The Morgan fingerprint density at radius 2 is 2.17 bits per heavy atom. The molecule has 0 radical (unpaired) electrons. The van der Waals surface area contributed by atoms with Crippen molar-refractivity contribution in [2.75, 3.05) is 26.2 Å². The van der Waals surface area contributed by atoms with Crippen molar-refractivity contribution >= 4 is 16.8 Å². The van der Waals surface area contributed by atoms with E-state index in [9.17, 15) is 9.18 Å². The van der Waals surface area contributed by atoms with Crippen molar-refractivity contribution in [2.24, 2.45) is 5.92 Å². The van der Waals surface area contributed by atoms with Crippen LogP contribution in [0.3, 0.4) is 0 Å². The van der Waals surface area contributed by atoms with Gasteiger partial charge in [0.1, 0.15) is 5.82 Å². The van der Waals surface area contributed by atoms with E-state index in [-0.39, 0.29) is 11.7 Å². The lowest BCUT2D eigenvalue weighted by atomic mass is 9.99. The van der Waals surface area contributed by atoms with Crippen LogP contribution in [0, 0.1) is 11.7 Å². The van der Waals surface area contributed by atoms with Gasteiger partial charge in [0, 0.05) is 23.6 Å². The smallest absolute Gasteiger partial charge is 0.234 e. The average molecular weight is 317 g/mol. The third kappa shape index (κ3) is 4.10. The van der Waals surface area contributed by atoms with Gasteiger partial charge < -0.3 is 10.3 Å². The largest absolute Gasteiger partial charge is 0.361 e. The van der Waals surface area contributed by atoms with Gasteiger partial charge >= 0.3 is 0 Å². The summed E-state index contributed by atoms with van der Waals surface area (Å²) in [4.78, 5) is 17.3. The number of rotatable bonds is 5. The van der Waals surface area contributed by atoms with Crippen LogP contribution in [0.25, 0.3) is 10.9 Å². The highest BCUT2D eigenvalue weighted by Crippen LogP contribution is 2.19. The Morgan fingerprint density at radius 1 is 1.39 bits per heavy atom. The number of fused-ring (bicyclic) bond motifs is 1. The number of halogens is 1. The van der Waals surface area contributed by atoms with Crippen molar-refractivity contribution in [3.05, 3.63) is 35.8 Å². The van der Waals surface area contributed by atoms with Gasteiger partial charge in [-0.2, -0.15) is 0 Å². The lowest BCUT2D eigenvalue weighted by molar-refractivity contribution is -0.122. The topological polar surface area (TPSA) is 48.1 Å². The molecule has 5 heteroatoms. The molecule has 2 heterocycles. The Kier molecular flexibility index (Phi) is 4.96. The number of nitrogens with one attached hydrogen (secondary N) is 2. The Hall–Kier alpha value is -1.88. The lowest BCUT2D eigenvalue weighted by Crippen LogP contribution is -2.41. The summed E-state index contributed by atoms with van der Waals surface area (Å²) >= 11 is 0. The molecular formula is C18H24FN3O. The van der Waals surface area contributed by atoms with Crippen LogP contribution < -0.4 is 5.32 Å². The van der Waals surface area contributed by atoms with E-state index in [2.05, 4.69) is 22.1 Å². The van der Waals surface area contributed by atoms with Crippen molar-refractivity contribution in [2.45, 2.75) is 26.2 Å². The van der Waals surface area contributed by atoms with Crippen LogP contribution in [0.4, 0.5) is 4.39 Å². The van der Waals surface area contributed by atoms with Gasteiger partial charge in [0.2, 0.25) is 5.91 Å². The predicted octanol–water partition coefficient (Wildman–Crippen LogP) is 2.70. The van der Waals surface area contributed by atoms with Crippen molar-refractivity contribution < 1.29 is 9.18 Å². The standard InChI is InChI=1S/C18H24FN3O/c1-13-5-8-22(9-6-13)12-18(23)20-7-4-14-11-21-17-10-15(19)2-3-16(14)17/h2-3,10-11,13,21H,4-9,12H2,1H3,(H,20,23). The van der Waals surface area contributed by atoms with Gasteiger partial charge in [-0.25, -0.2) is 4.39 Å². The van der Waals surface area contributed by atoms with Crippen LogP contribution in [0.15, 0.2) is 24.4 Å². The Balaban J connectivity index is 1.46. The Bertz CT molecular complexity index is 674. The van der Waals surface area contributed by atoms with Crippen LogP contribution in [0.1, 0.15) is 25.3 Å². The van der Waals surface area contributed by atoms with Gasteiger partial charge in [0.25, 0.3) is 0 Å². The number of carbonyl (C=O) groups excluding carboxylic acids is 1. The molecule has 0 saturated carbocycles. The minimum absolute atomic E-state index is 0.0884. The van der Waals surface area contributed by atoms with Gasteiger partial charge in [-0.05, 0) is 62.0 Å². The van der Waals surface area contributed by atoms with E-state index in [0.29, 0.717) is 13.1 Å². The summed E-state index contributed by atoms with van der Waals surface area (Å²) in [7, 11) is 0. The first-order valence-electron chi connectivity index (χ1n) is 8.36. The molecule has 4 nitrogen and oxygen atoms in total. The highest BCUT2D eigenvalue weighted by molar-refractivity contribution is 5.83. The molecule has 0 unspecified atom stereocenters. The van der Waals surface area contributed by atoms with Gasteiger partial charge in [-0.3, -0.25) is 9.69 Å². The quantitative estimate of drug-likeness (QED) is 0.891. The van der Waals surface area contributed by atoms with Crippen molar-refractivity contribution in [3.63, 3.8) is 0 Å². The molecule has 0 spiro atoms. The van der Waals surface area contributed by atoms with E-state index in [1.165, 1.54) is 25.0 Å². The van der Waals surface area contributed by atoms with Gasteiger partial charge in [-0.15, -0.1) is 0 Å². The van der Waals surface area contributed by atoms with Crippen LogP contribution >= 0.6 is 0 Å². The normalized spacial score (nSPS) is 16.8. The third-order valence-corrected chi connectivity index (χ3v) is 4.69. The van der Waals surface area contributed by atoms with E-state index < -0.39 is 0 Å². The molecular weight excluding hydrogens is 293 g/mol. The number of aromatic amines is 1. The lowest BCUT2D eigenvalue weighted by Gasteiger charge is -2.29. The molecule has 2 N–H and O–H groups in total. The van der Waals surface area contributed by atoms with Gasteiger partial charge in [0.15, 0.2) is 0 Å². The van der Waals surface area contributed by atoms with Crippen molar-refractivity contribution in [3.8, 4) is 0 Å². The number of H-pyrrole nitrogens is 1. The molecule has 1 aliphatic rings. The van der Waals surface area contributed by atoms with E-state index in [4.69, 9.17) is 0 Å². The number of hydrogen-bond acceptors (Lipinski definition) is 2. The van der Waals surface area contributed by atoms with Gasteiger partial charge in [0.05, 0.1) is 6.54 Å². The number of hydrogen-bond donors (Lipinski definition) is 2. The summed E-state index contributed by atoms with van der Waals surface area (Å²) in [5, 5.41) is 4.01. The number of amides is 1. The number of aromatic nitrogens is 1. The molecule has 1 fully saturated rings. The molecule has 1 aromatic carbocycles. The molecule has 1 aliphatic heterocycles. The first kappa shape index (κ1) is 16.0. The summed E-state index contributed by atoms with van der Waals surface area (Å²) < 4.78 is 13.2. The van der Waals surface area contributed by atoms with Crippen LogP contribution in [0.2, 0.25) is 0 Å². The fraction of sp³-hybridized carbons (Fsp3) is 0.500. The number of likely N-dealkylation sites (tertiary alicyclic amines) is 1. The van der Waals surface area contributed by atoms with Crippen molar-refractivity contribution in [1.82, 2.24) is 15.2 Å². The van der Waals surface area contributed by atoms with Crippen molar-refractivity contribution in [1.29, 1.82) is 0 Å². The number of piperidine rings is 1. The molecule has 0 aliphatic carbocycles. The zero-order valence-electron chi connectivity index (χ0n) is 13.6.